The molecular weight excluding hydrogens is 426 g/mol. The van der Waals surface area contributed by atoms with Crippen LogP contribution in [0.4, 0.5) is 13.9 Å². The van der Waals surface area contributed by atoms with Crippen LogP contribution in [0.15, 0.2) is 30.3 Å². The molecule has 0 aliphatic rings. The molecule has 3 aromatic rings. The lowest BCUT2D eigenvalue weighted by atomic mass is 10.1. The number of anilines is 1. The molecule has 0 atom stereocenters. The molecule has 10 heteroatoms. The van der Waals surface area contributed by atoms with Gasteiger partial charge in [-0.3, -0.25) is 10.1 Å². The fraction of sp³-hybridized carbons (Fsp3) is 0.263. The zero-order valence-corrected chi connectivity index (χ0v) is 16.8. The van der Waals surface area contributed by atoms with E-state index in [1.54, 1.807) is 7.11 Å². The van der Waals surface area contributed by atoms with Crippen molar-refractivity contribution in [1.82, 2.24) is 4.98 Å². The number of ether oxygens (including phenoxy) is 2. The Hall–Kier alpha value is -2.33. The van der Waals surface area contributed by atoms with Crippen LogP contribution in [0, 0.1) is 0 Å². The van der Waals surface area contributed by atoms with Crippen LogP contribution in [0.2, 0.25) is 5.02 Å². The van der Waals surface area contributed by atoms with E-state index in [0.717, 1.165) is 11.3 Å². The van der Waals surface area contributed by atoms with Crippen molar-refractivity contribution in [2.45, 2.75) is 13.0 Å². The maximum Gasteiger partial charge on any atom is 0.263 e. The van der Waals surface area contributed by atoms with E-state index in [0.29, 0.717) is 29.0 Å². The molecule has 29 heavy (non-hydrogen) atoms. The summed E-state index contributed by atoms with van der Waals surface area (Å²) in [5.74, 6) is -0.887. The summed E-state index contributed by atoms with van der Waals surface area (Å²) in [6, 6.07) is 6.92. The molecule has 2 N–H and O–H groups in total. The number of methoxy groups -OCH3 is 1. The molecule has 0 saturated carbocycles. The summed E-state index contributed by atoms with van der Waals surface area (Å²) < 4.78 is 36.5. The lowest BCUT2D eigenvalue weighted by Gasteiger charge is -2.11. The number of phenolic OH excluding ortho intramolecular Hbond substituents is 1. The van der Waals surface area contributed by atoms with Crippen LogP contribution in [-0.2, 0) is 16.1 Å². The second-order valence-corrected chi connectivity index (χ2v) is 7.47. The molecule has 0 fully saturated rings. The number of hydrogen-bond donors (Lipinski definition) is 2. The summed E-state index contributed by atoms with van der Waals surface area (Å²) in [6.07, 6.45) is -2.59. The first-order chi connectivity index (χ1) is 13.9. The first kappa shape index (κ1) is 21.4. The van der Waals surface area contributed by atoms with Crippen molar-refractivity contribution >= 4 is 44.2 Å². The van der Waals surface area contributed by atoms with Crippen molar-refractivity contribution in [2.75, 3.05) is 25.6 Å². The number of nitrogens with zero attached hydrogens (tertiary/aromatic N) is 1. The maximum absolute atomic E-state index is 12.8. The third-order valence-electron chi connectivity index (χ3n) is 3.97. The first-order valence-corrected chi connectivity index (χ1v) is 9.66. The maximum atomic E-state index is 12.8. The van der Waals surface area contributed by atoms with Gasteiger partial charge in [-0.15, -0.1) is 0 Å². The van der Waals surface area contributed by atoms with Crippen LogP contribution in [0.5, 0.6) is 5.75 Å². The number of benzene rings is 2. The molecule has 154 valence electrons. The zero-order chi connectivity index (χ0) is 21.0. The number of halogens is 3. The van der Waals surface area contributed by atoms with Gasteiger partial charge in [0.2, 0.25) is 0 Å². The van der Waals surface area contributed by atoms with E-state index in [1.165, 1.54) is 30.3 Å². The van der Waals surface area contributed by atoms with Crippen LogP contribution < -0.4 is 5.32 Å². The number of aromatic hydroxyl groups is 1. The Morgan fingerprint density at radius 3 is 2.83 bits per heavy atom. The fourth-order valence-electron chi connectivity index (χ4n) is 2.56. The number of aromatic nitrogens is 1. The van der Waals surface area contributed by atoms with Crippen molar-refractivity contribution in [3.05, 3.63) is 52.0 Å². The predicted octanol–water partition coefficient (Wildman–Crippen LogP) is 5.01. The van der Waals surface area contributed by atoms with Crippen molar-refractivity contribution in [3.8, 4) is 5.75 Å². The molecule has 0 radical (unpaired) electrons. The largest absolute Gasteiger partial charge is 0.507 e. The molecule has 1 amide bonds. The van der Waals surface area contributed by atoms with E-state index in [-0.39, 0.29) is 33.6 Å². The number of rotatable bonds is 8. The number of alkyl halides is 2. The van der Waals surface area contributed by atoms with Gasteiger partial charge in [-0.2, -0.15) is 0 Å². The molecule has 1 aromatic heterocycles. The molecule has 0 aliphatic carbocycles. The molecule has 0 saturated heterocycles. The molecule has 0 bridgehead atoms. The second kappa shape index (κ2) is 9.45. The molecule has 3 rings (SSSR count). The predicted molar refractivity (Wildman–Crippen MR) is 107 cm³/mol. The standard InChI is InChI=1S/C19H17ClF2N2O4S/c1-27-4-5-28-9-11-6-12(20)8-13(16(11)25)18(26)24-19-23-14-3-2-10(17(21)22)7-15(14)29-19/h2-3,6-8,17,25H,4-5,9H2,1H3,(H,23,24,26). The summed E-state index contributed by atoms with van der Waals surface area (Å²) >= 11 is 7.12. The van der Waals surface area contributed by atoms with Gasteiger partial charge >= 0.3 is 0 Å². The number of carbonyl (C=O) groups excluding carboxylic acids is 1. The third kappa shape index (κ3) is 5.18. The quantitative estimate of drug-likeness (QED) is 0.479. The SMILES string of the molecule is COCCOCc1cc(Cl)cc(C(=O)Nc2nc3ccc(C(F)F)cc3s2)c1O. The van der Waals surface area contributed by atoms with Crippen molar-refractivity contribution in [1.29, 1.82) is 0 Å². The molecule has 6 nitrogen and oxygen atoms in total. The highest BCUT2D eigenvalue weighted by atomic mass is 35.5. The van der Waals surface area contributed by atoms with E-state index in [9.17, 15) is 18.7 Å². The minimum atomic E-state index is -2.59. The number of phenols is 1. The van der Waals surface area contributed by atoms with E-state index < -0.39 is 12.3 Å². The summed E-state index contributed by atoms with van der Waals surface area (Å²) in [7, 11) is 1.54. The number of hydrogen-bond acceptors (Lipinski definition) is 6. The van der Waals surface area contributed by atoms with Crippen molar-refractivity contribution in [3.63, 3.8) is 0 Å². The van der Waals surface area contributed by atoms with E-state index >= 15 is 0 Å². The fourth-order valence-corrected chi connectivity index (χ4v) is 3.71. The number of nitrogens with one attached hydrogen (secondary N) is 1. The number of amides is 1. The Labute approximate surface area is 174 Å². The molecule has 0 aliphatic heterocycles. The van der Waals surface area contributed by atoms with E-state index in [2.05, 4.69) is 10.3 Å². The third-order valence-corrected chi connectivity index (χ3v) is 5.12. The van der Waals surface area contributed by atoms with Crippen LogP contribution in [0.3, 0.4) is 0 Å². The van der Waals surface area contributed by atoms with Gasteiger partial charge in [-0.05, 0) is 24.3 Å². The van der Waals surface area contributed by atoms with Gasteiger partial charge in [0, 0.05) is 23.3 Å². The average molecular weight is 443 g/mol. The normalized spacial score (nSPS) is 11.3. The average Bonchev–Trinajstić information content (AvgIpc) is 3.08. The molecular formula is C19H17ClF2N2O4S. The van der Waals surface area contributed by atoms with Crippen molar-refractivity contribution in [2.24, 2.45) is 0 Å². The van der Waals surface area contributed by atoms with Crippen molar-refractivity contribution < 1.29 is 28.2 Å². The second-order valence-electron chi connectivity index (χ2n) is 6.01. The van der Waals surface area contributed by atoms with Crippen LogP contribution in [0.25, 0.3) is 10.2 Å². The highest BCUT2D eigenvalue weighted by Gasteiger charge is 2.18. The first-order valence-electron chi connectivity index (χ1n) is 8.47. The number of thiazole rings is 1. The lowest BCUT2D eigenvalue weighted by Crippen LogP contribution is -2.13. The van der Waals surface area contributed by atoms with Crippen LogP contribution in [0.1, 0.15) is 27.9 Å². The summed E-state index contributed by atoms with van der Waals surface area (Å²) in [5.41, 5.74) is 0.668. The van der Waals surface area contributed by atoms with Gasteiger partial charge in [0.25, 0.3) is 12.3 Å². The highest BCUT2D eigenvalue weighted by Crippen LogP contribution is 2.32. The lowest BCUT2D eigenvalue weighted by molar-refractivity contribution is 0.0607. The van der Waals surface area contributed by atoms with Gasteiger partial charge < -0.3 is 14.6 Å². The van der Waals surface area contributed by atoms with E-state index in [1.807, 2.05) is 0 Å². The molecule has 1 heterocycles. The molecule has 0 spiro atoms. The number of carbonyl (C=O) groups is 1. The summed E-state index contributed by atoms with van der Waals surface area (Å²) in [4.78, 5) is 16.8. The number of fused-ring (bicyclic) bond motifs is 1. The molecule has 0 unspecified atom stereocenters. The Morgan fingerprint density at radius 1 is 1.31 bits per heavy atom. The zero-order valence-electron chi connectivity index (χ0n) is 15.2. The highest BCUT2D eigenvalue weighted by molar-refractivity contribution is 7.22. The summed E-state index contributed by atoms with van der Waals surface area (Å²) in [5, 5.41) is 13.5. The van der Waals surface area contributed by atoms with E-state index in [4.69, 9.17) is 21.1 Å². The van der Waals surface area contributed by atoms with Crippen LogP contribution >= 0.6 is 22.9 Å². The van der Waals surface area contributed by atoms with Gasteiger partial charge in [0.15, 0.2) is 5.13 Å². The summed E-state index contributed by atoms with van der Waals surface area (Å²) in [6.45, 7) is 0.753. The minimum Gasteiger partial charge on any atom is -0.507 e. The Balaban J connectivity index is 1.79. The Bertz CT molecular complexity index is 1030. The van der Waals surface area contributed by atoms with Gasteiger partial charge in [0.05, 0.1) is 35.6 Å². The Kier molecular flexibility index (Phi) is 6.96. The smallest absolute Gasteiger partial charge is 0.263 e. The van der Waals surface area contributed by atoms with Gasteiger partial charge in [-0.25, -0.2) is 13.8 Å². The topological polar surface area (TPSA) is 80.7 Å². The molecule has 2 aromatic carbocycles. The Morgan fingerprint density at radius 2 is 2.10 bits per heavy atom. The van der Waals surface area contributed by atoms with Gasteiger partial charge in [0.1, 0.15) is 5.75 Å². The van der Waals surface area contributed by atoms with Crippen LogP contribution in [-0.4, -0.2) is 36.3 Å². The minimum absolute atomic E-state index is 0.0460. The monoisotopic (exact) mass is 442 g/mol. The van der Waals surface area contributed by atoms with Gasteiger partial charge in [-0.1, -0.05) is 29.0 Å².